The molecule has 188 valence electrons. The van der Waals surface area contributed by atoms with Gasteiger partial charge in [-0.3, -0.25) is 4.79 Å². The zero-order valence-corrected chi connectivity index (χ0v) is 20.5. The first kappa shape index (κ1) is 24.1. The number of carbonyl (C=O) groups excluding carboxylic acids is 2. The summed E-state index contributed by atoms with van der Waals surface area (Å²) in [4.78, 5) is 25.6. The number of anilines is 1. The fourth-order valence-corrected chi connectivity index (χ4v) is 4.11. The molecule has 0 saturated heterocycles. The van der Waals surface area contributed by atoms with E-state index in [9.17, 15) is 14.7 Å². The molecule has 1 aliphatic rings. The molecule has 0 atom stereocenters. The topological polar surface area (TPSA) is 105 Å². The quantitative estimate of drug-likeness (QED) is 0.297. The van der Waals surface area contributed by atoms with Crippen LogP contribution < -0.4 is 15.4 Å². The average Bonchev–Trinajstić information content (AvgIpc) is 3.67. The molecular formula is C29H28N4O4. The third-order valence-electron chi connectivity index (χ3n) is 6.17. The fourth-order valence-electron chi connectivity index (χ4n) is 4.11. The monoisotopic (exact) mass is 496 g/mol. The van der Waals surface area contributed by atoms with Crippen molar-refractivity contribution < 1.29 is 19.4 Å². The van der Waals surface area contributed by atoms with Crippen molar-refractivity contribution in [2.45, 2.75) is 32.2 Å². The number of amides is 2. The zero-order chi connectivity index (χ0) is 25.8. The molecule has 3 aromatic carbocycles. The van der Waals surface area contributed by atoms with Crippen LogP contribution in [0.15, 0.2) is 78.9 Å². The van der Waals surface area contributed by atoms with Gasteiger partial charge >= 0.3 is 6.03 Å². The van der Waals surface area contributed by atoms with E-state index < -0.39 is 0 Å². The Morgan fingerprint density at radius 3 is 2.46 bits per heavy atom. The molecular weight excluding hydrogens is 468 g/mol. The van der Waals surface area contributed by atoms with Crippen LogP contribution >= 0.6 is 0 Å². The molecule has 1 aliphatic carbocycles. The maximum Gasteiger partial charge on any atom is 0.342 e. The van der Waals surface area contributed by atoms with E-state index in [0.29, 0.717) is 41.4 Å². The van der Waals surface area contributed by atoms with E-state index in [2.05, 4.69) is 15.7 Å². The van der Waals surface area contributed by atoms with Gasteiger partial charge in [0, 0.05) is 35.3 Å². The van der Waals surface area contributed by atoms with Crippen LogP contribution in [0.3, 0.4) is 0 Å². The molecule has 1 aromatic heterocycles. The standard InChI is InChI=1S/C29H28N4O4/c1-2-37-23-13-10-21(11-14-23)28(35)31-22-12-15-24(27(34)16-22)25-17-26(20-8-9-20)33(32-25)29(36)30-18-19-6-4-3-5-7-19/h3-7,10-17,20,34H,2,8-9,18H2,1H3,(H,30,36)(H,31,35). The second-order valence-electron chi connectivity index (χ2n) is 8.93. The van der Waals surface area contributed by atoms with Crippen molar-refractivity contribution >= 4 is 17.6 Å². The van der Waals surface area contributed by atoms with Crippen LogP contribution in [-0.2, 0) is 6.54 Å². The summed E-state index contributed by atoms with van der Waals surface area (Å²) >= 11 is 0. The molecule has 1 saturated carbocycles. The lowest BCUT2D eigenvalue weighted by atomic mass is 10.1. The zero-order valence-electron chi connectivity index (χ0n) is 20.5. The second-order valence-corrected chi connectivity index (χ2v) is 8.93. The van der Waals surface area contributed by atoms with Crippen LogP contribution in [0.4, 0.5) is 10.5 Å². The van der Waals surface area contributed by atoms with Crippen LogP contribution in [-0.4, -0.2) is 33.4 Å². The number of rotatable bonds is 8. The van der Waals surface area contributed by atoms with E-state index in [1.165, 1.54) is 10.7 Å². The smallest absolute Gasteiger partial charge is 0.342 e. The number of nitrogens with one attached hydrogen (secondary N) is 2. The van der Waals surface area contributed by atoms with Gasteiger partial charge in [-0.2, -0.15) is 9.78 Å². The molecule has 5 rings (SSSR count). The fraction of sp³-hybridized carbons (Fsp3) is 0.207. The van der Waals surface area contributed by atoms with Crippen LogP contribution in [0.25, 0.3) is 11.3 Å². The molecule has 37 heavy (non-hydrogen) atoms. The van der Waals surface area contributed by atoms with Crippen molar-refractivity contribution in [3.05, 3.63) is 95.7 Å². The number of hydrogen-bond acceptors (Lipinski definition) is 5. The summed E-state index contributed by atoms with van der Waals surface area (Å²) in [5.41, 5.74) is 3.72. The normalized spacial score (nSPS) is 12.7. The molecule has 4 aromatic rings. The third kappa shape index (κ3) is 5.64. The number of aromatic hydroxyl groups is 1. The summed E-state index contributed by atoms with van der Waals surface area (Å²) in [7, 11) is 0. The van der Waals surface area contributed by atoms with Crippen molar-refractivity contribution in [1.29, 1.82) is 0 Å². The Bertz CT molecular complexity index is 1410. The number of ether oxygens (including phenoxy) is 1. The minimum atomic E-state index is -0.310. The van der Waals surface area contributed by atoms with Crippen molar-refractivity contribution in [2.24, 2.45) is 0 Å². The summed E-state index contributed by atoms with van der Waals surface area (Å²) in [6.07, 6.45) is 2.00. The van der Waals surface area contributed by atoms with Crippen LogP contribution in [0.1, 0.15) is 47.3 Å². The number of phenolic OH excluding ortho intramolecular Hbond substituents is 1. The van der Waals surface area contributed by atoms with Gasteiger partial charge in [-0.1, -0.05) is 30.3 Å². The Balaban J connectivity index is 1.31. The third-order valence-corrected chi connectivity index (χ3v) is 6.17. The summed E-state index contributed by atoms with van der Waals surface area (Å²) < 4.78 is 6.81. The van der Waals surface area contributed by atoms with Gasteiger partial charge in [0.1, 0.15) is 11.5 Å². The second kappa shape index (κ2) is 10.6. The maximum absolute atomic E-state index is 12.9. The van der Waals surface area contributed by atoms with Crippen molar-refractivity contribution in [3.63, 3.8) is 0 Å². The Labute approximate surface area is 214 Å². The van der Waals surface area contributed by atoms with Crippen LogP contribution in [0.2, 0.25) is 0 Å². The Morgan fingerprint density at radius 1 is 1.03 bits per heavy atom. The number of hydrogen-bond donors (Lipinski definition) is 3. The highest BCUT2D eigenvalue weighted by molar-refractivity contribution is 6.04. The van der Waals surface area contributed by atoms with Crippen molar-refractivity contribution in [1.82, 2.24) is 15.1 Å². The molecule has 8 nitrogen and oxygen atoms in total. The predicted molar refractivity (Wildman–Crippen MR) is 141 cm³/mol. The van der Waals surface area contributed by atoms with Crippen molar-refractivity contribution in [2.75, 3.05) is 11.9 Å². The minimum Gasteiger partial charge on any atom is -0.507 e. The Kier molecular flexibility index (Phi) is 6.89. The van der Waals surface area contributed by atoms with Gasteiger partial charge in [0.2, 0.25) is 0 Å². The summed E-state index contributed by atoms with van der Waals surface area (Å²) in [6.45, 7) is 2.84. The molecule has 0 bridgehead atoms. The van der Waals surface area contributed by atoms with E-state index >= 15 is 0 Å². The number of carbonyl (C=O) groups is 2. The molecule has 0 spiro atoms. The number of phenols is 1. The minimum absolute atomic E-state index is 0.0406. The van der Waals surface area contributed by atoms with Gasteiger partial charge in [0.25, 0.3) is 5.91 Å². The summed E-state index contributed by atoms with van der Waals surface area (Å²) in [5.74, 6) is 0.630. The van der Waals surface area contributed by atoms with E-state index in [-0.39, 0.29) is 23.6 Å². The molecule has 2 amide bonds. The molecule has 0 unspecified atom stereocenters. The molecule has 8 heteroatoms. The summed E-state index contributed by atoms with van der Waals surface area (Å²) in [6, 6.07) is 22.9. The van der Waals surface area contributed by atoms with Gasteiger partial charge in [0.05, 0.1) is 18.0 Å². The number of benzene rings is 3. The van der Waals surface area contributed by atoms with Gasteiger partial charge in [-0.05, 0) is 67.8 Å². The van der Waals surface area contributed by atoms with Crippen molar-refractivity contribution in [3.8, 4) is 22.8 Å². The lowest BCUT2D eigenvalue weighted by molar-refractivity contribution is 0.102. The average molecular weight is 497 g/mol. The number of nitrogens with zero attached hydrogens (tertiary/aromatic N) is 2. The van der Waals surface area contributed by atoms with E-state index in [1.807, 2.05) is 43.3 Å². The highest BCUT2D eigenvalue weighted by Gasteiger charge is 2.30. The van der Waals surface area contributed by atoms with Gasteiger partial charge < -0.3 is 20.5 Å². The highest BCUT2D eigenvalue weighted by Crippen LogP contribution is 2.42. The molecule has 1 fully saturated rings. The molecule has 0 aliphatic heterocycles. The molecule has 1 heterocycles. The first-order chi connectivity index (χ1) is 18.0. The molecule has 3 N–H and O–H groups in total. The Morgan fingerprint density at radius 2 is 1.78 bits per heavy atom. The van der Waals surface area contributed by atoms with Crippen LogP contribution in [0.5, 0.6) is 11.5 Å². The number of aromatic nitrogens is 2. The first-order valence-electron chi connectivity index (χ1n) is 12.3. The summed E-state index contributed by atoms with van der Waals surface area (Å²) in [5, 5.41) is 21.0. The maximum atomic E-state index is 12.9. The largest absolute Gasteiger partial charge is 0.507 e. The Hall–Kier alpha value is -4.59. The van der Waals surface area contributed by atoms with Gasteiger partial charge in [-0.25, -0.2) is 4.79 Å². The van der Waals surface area contributed by atoms with Crippen LogP contribution in [0, 0.1) is 0 Å². The SMILES string of the molecule is CCOc1ccc(C(=O)Nc2ccc(-c3cc(C4CC4)n(C(=O)NCc4ccccc4)n3)c(O)c2)cc1. The predicted octanol–water partition coefficient (Wildman–Crippen LogP) is 5.54. The lowest BCUT2D eigenvalue weighted by Crippen LogP contribution is -2.30. The van der Waals surface area contributed by atoms with Gasteiger partial charge in [-0.15, -0.1) is 0 Å². The first-order valence-corrected chi connectivity index (χ1v) is 12.3. The van der Waals surface area contributed by atoms with E-state index in [1.54, 1.807) is 36.4 Å². The highest BCUT2D eigenvalue weighted by atomic mass is 16.5. The molecule has 0 radical (unpaired) electrons. The van der Waals surface area contributed by atoms with Gasteiger partial charge in [0.15, 0.2) is 0 Å². The lowest BCUT2D eigenvalue weighted by Gasteiger charge is -2.09. The van der Waals surface area contributed by atoms with E-state index in [0.717, 1.165) is 24.1 Å². The van der Waals surface area contributed by atoms with E-state index in [4.69, 9.17) is 4.74 Å².